The van der Waals surface area contributed by atoms with E-state index in [0.29, 0.717) is 30.6 Å². The van der Waals surface area contributed by atoms with Crippen LogP contribution >= 0.6 is 0 Å². The van der Waals surface area contributed by atoms with Gasteiger partial charge in [-0.1, -0.05) is 41.9 Å². The fourth-order valence-electron chi connectivity index (χ4n) is 5.20. The van der Waals surface area contributed by atoms with Crippen LogP contribution in [0.3, 0.4) is 0 Å². The topological polar surface area (TPSA) is 66.7 Å². The van der Waals surface area contributed by atoms with Gasteiger partial charge in [-0.15, -0.1) is 0 Å². The van der Waals surface area contributed by atoms with Crippen molar-refractivity contribution in [3.05, 3.63) is 53.9 Å². The molecule has 2 aliphatic heterocycles. The quantitative estimate of drug-likeness (QED) is 0.783. The number of aryl methyl sites for hydroxylation is 1. The molecular weight excluding hydrogens is 366 g/mol. The molecule has 1 saturated carbocycles. The number of amides is 2. The van der Waals surface area contributed by atoms with Crippen molar-refractivity contribution >= 4 is 11.8 Å². The predicted molar refractivity (Wildman–Crippen MR) is 107 cm³/mol. The number of carbonyl (C=O) groups excluding carboxylic acids is 2. The summed E-state index contributed by atoms with van der Waals surface area (Å²) in [6.07, 6.45) is 5.85. The van der Waals surface area contributed by atoms with Gasteiger partial charge in [-0.3, -0.25) is 9.59 Å². The van der Waals surface area contributed by atoms with E-state index in [9.17, 15) is 9.59 Å². The number of hydrogen-bond donors (Lipinski definition) is 0. The van der Waals surface area contributed by atoms with Gasteiger partial charge in [0.1, 0.15) is 5.76 Å². The molecule has 3 fully saturated rings. The first-order valence-corrected chi connectivity index (χ1v) is 10.7. The Hall–Kier alpha value is -2.63. The second-order valence-corrected chi connectivity index (χ2v) is 8.68. The van der Waals surface area contributed by atoms with Crippen molar-refractivity contribution in [3.63, 3.8) is 0 Å². The molecule has 1 aromatic carbocycles. The summed E-state index contributed by atoms with van der Waals surface area (Å²) in [4.78, 5) is 30.0. The van der Waals surface area contributed by atoms with Gasteiger partial charge >= 0.3 is 0 Å². The van der Waals surface area contributed by atoms with Crippen molar-refractivity contribution in [1.82, 2.24) is 15.0 Å². The summed E-state index contributed by atoms with van der Waals surface area (Å²) >= 11 is 0. The van der Waals surface area contributed by atoms with Crippen molar-refractivity contribution in [3.8, 4) is 0 Å². The average molecular weight is 393 g/mol. The third-order valence-electron chi connectivity index (χ3n) is 6.97. The summed E-state index contributed by atoms with van der Waals surface area (Å²) in [5, 5.41) is 3.70. The van der Waals surface area contributed by atoms with E-state index in [-0.39, 0.29) is 17.9 Å². The highest BCUT2D eigenvalue weighted by atomic mass is 16.5. The summed E-state index contributed by atoms with van der Waals surface area (Å²) in [7, 11) is 0. The van der Waals surface area contributed by atoms with Gasteiger partial charge in [0.15, 0.2) is 0 Å². The Bertz CT molecular complexity index is 863. The fourth-order valence-corrected chi connectivity index (χ4v) is 5.20. The summed E-state index contributed by atoms with van der Waals surface area (Å²) in [6.45, 7) is 2.25. The van der Waals surface area contributed by atoms with E-state index in [0.717, 1.165) is 38.2 Å². The third kappa shape index (κ3) is 3.45. The van der Waals surface area contributed by atoms with E-state index in [1.165, 1.54) is 12.0 Å². The highest BCUT2D eigenvalue weighted by Gasteiger charge is 2.51. The Balaban J connectivity index is 1.30. The van der Waals surface area contributed by atoms with E-state index in [2.05, 4.69) is 22.2 Å². The number of likely N-dealkylation sites (tertiary alicyclic amines) is 2. The Kier molecular flexibility index (Phi) is 4.86. The summed E-state index contributed by atoms with van der Waals surface area (Å²) in [6, 6.07) is 12.3. The van der Waals surface area contributed by atoms with Crippen LogP contribution in [-0.4, -0.2) is 46.4 Å². The lowest BCUT2D eigenvalue weighted by molar-refractivity contribution is -0.140. The zero-order valence-corrected chi connectivity index (χ0v) is 16.6. The number of hydrogen-bond acceptors (Lipinski definition) is 4. The van der Waals surface area contributed by atoms with Gasteiger partial charge in [-0.25, -0.2) is 0 Å². The van der Waals surface area contributed by atoms with Crippen molar-refractivity contribution in [2.45, 2.75) is 38.1 Å². The Labute approximate surface area is 170 Å². The molecule has 6 heteroatoms. The normalized spacial score (nSPS) is 26.4. The number of aromatic nitrogens is 1. The lowest BCUT2D eigenvalue weighted by Crippen LogP contribution is -2.41. The third-order valence-corrected chi connectivity index (χ3v) is 6.97. The molecule has 0 N–H and O–H groups in total. The predicted octanol–water partition coefficient (Wildman–Crippen LogP) is 3.07. The SMILES string of the molecule is O=C(CCc1ccno1)N1C[C@H]2CN(C(=O)C3CCC3)[C@H](c3ccccc3)[C@H]2C1. The van der Waals surface area contributed by atoms with Crippen LogP contribution in [0.1, 0.15) is 43.0 Å². The lowest BCUT2D eigenvalue weighted by Gasteiger charge is -2.35. The molecule has 0 unspecified atom stereocenters. The number of benzene rings is 1. The van der Waals surface area contributed by atoms with Crippen LogP contribution < -0.4 is 0 Å². The molecule has 29 heavy (non-hydrogen) atoms. The standard InChI is InChI=1S/C23H27N3O3/c27-21(10-9-19-11-12-24-29-19)25-13-18-14-26(23(28)17-7-4-8-17)22(20(18)15-25)16-5-2-1-3-6-16/h1-3,5-6,11-12,17-18,20,22H,4,7-10,13-15H2/t18-,20-,22+/m0/s1. The van der Waals surface area contributed by atoms with Gasteiger partial charge in [-0.2, -0.15) is 0 Å². The molecule has 0 bridgehead atoms. The molecule has 1 aromatic heterocycles. The molecule has 5 rings (SSSR count). The van der Waals surface area contributed by atoms with Crippen LogP contribution in [0.4, 0.5) is 0 Å². The molecule has 152 valence electrons. The van der Waals surface area contributed by atoms with E-state index in [1.54, 1.807) is 12.3 Å². The van der Waals surface area contributed by atoms with Crippen molar-refractivity contribution in [2.24, 2.45) is 17.8 Å². The first-order chi connectivity index (χ1) is 14.2. The minimum atomic E-state index is 0.0846. The number of carbonyl (C=O) groups is 2. The van der Waals surface area contributed by atoms with E-state index >= 15 is 0 Å². The van der Waals surface area contributed by atoms with Crippen LogP contribution in [0.15, 0.2) is 47.1 Å². The second-order valence-electron chi connectivity index (χ2n) is 8.68. The van der Waals surface area contributed by atoms with Gasteiger partial charge in [0.05, 0.1) is 12.2 Å². The molecule has 2 saturated heterocycles. The maximum absolute atomic E-state index is 13.1. The number of nitrogens with zero attached hydrogens (tertiary/aromatic N) is 3. The molecule has 0 radical (unpaired) electrons. The van der Waals surface area contributed by atoms with E-state index < -0.39 is 0 Å². The first kappa shape index (κ1) is 18.4. The smallest absolute Gasteiger partial charge is 0.226 e. The Morgan fingerprint density at radius 2 is 1.90 bits per heavy atom. The van der Waals surface area contributed by atoms with Crippen molar-refractivity contribution in [1.29, 1.82) is 0 Å². The number of fused-ring (bicyclic) bond motifs is 1. The van der Waals surface area contributed by atoms with Gasteiger partial charge in [0, 0.05) is 56.3 Å². The minimum absolute atomic E-state index is 0.0846. The summed E-state index contributed by atoms with van der Waals surface area (Å²) in [5.41, 5.74) is 1.20. The average Bonchev–Trinajstić information content (AvgIpc) is 3.41. The fraction of sp³-hybridized carbons (Fsp3) is 0.522. The van der Waals surface area contributed by atoms with E-state index in [1.807, 2.05) is 23.1 Å². The Morgan fingerprint density at radius 3 is 2.59 bits per heavy atom. The molecule has 3 aliphatic rings. The zero-order chi connectivity index (χ0) is 19.8. The molecule has 1 aliphatic carbocycles. The molecule has 2 aromatic rings. The van der Waals surface area contributed by atoms with Crippen LogP contribution in [0, 0.1) is 17.8 Å². The maximum Gasteiger partial charge on any atom is 0.226 e. The van der Waals surface area contributed by atoms with Crippen molar-refractivity contribution in [2.75, 3.05) is 19.6 Å². The highest BCUT2D eigenvalue weighted by molar-refractivity contribution is 5.81. The maximum atomic E-state index is 13.1. The molecule has 3 atom stereocenters. The van der Waals surface area contributed by atoms with Crippen LogP contribution in [0.5, 0.6) is 0 Å². The first-order valence-electron chi connectivity index (χ1n) is 10.7. The van der Waals surface area contributed by atoms with Crippen LogP contribution in [-0.2, 0) is 16.0 Å². The van der Waals surface area contributed by atoms with Gasteiger partial charge in [0.2, 0.25) is 11.8 Å². The lowest BCUT2D eigenvalue weighted by atomic mass is 9.83. The van der Waals surface area contributed by atoms with E-state index in [4.69, 9.17) is 4.52 Å². The molecule has 2 amide bonds. The molecular formula is C23H27N3O3. The highest BCUT2D eigenvalue weighted by Crippen LogP contribution is 2.46. The zero-order valence-electron chi connectivity index (χ0n) is 16.6. The van der Waals surface area contributed by atoms with Crippen LogP contribution in [0.2, 0.25) is 0 Å². The molecule has 0 spiro atoms. The Morgan fingerprint density at radius 1 is 1.07 bits per heavy atom. The van der Waals surface area contributed by atoms with Crippen molar-refractivity contribution < 1.29 is 14.1 Å². The summed E-state index contributed by atoms with van der Waals surface area (Å²) in [5.74, 6) is 2.12. The van der Waals surface area contributed by atoms with Gasteiger partial charge in [0.25, 0.3) is 0 Å². The van der Waals surface area contributed by atoms with Crippen LogP contribution in [0.25, 0.3) is 0 Å². The second kappa shape index (κ2) is 7.65. The van der Waals surface area contributed by atoms with Gasteiger partial charge < -0.3 is 14.3 Å². The largest absolute Gasteiger partial charge is 0.361 e. The minimum Gasteiger partial charge on any atom is -0.361 e. The number of rotatable bonds is 5. The monoisotopic (exact) mass is 393 g/mol. The van der Waals surface area contributed by atoms with Gasteiger partial charge in [-0.05, 0) is 18.4 Å². The molecule has 3 heterocycles. The summed E-state index contributed by atoms with van der Waals surface area (Å²) < 4.78 is 5.11. The molecule has 6 nitrogen and oxygen atoms in total.